The van der Waals surface area contributed by atoms with Crippen LogP contribution >= 0.6 is 0 Å². The maximum absolute atomic E-state index is 12.2. The second-order valence-corrected chi connectivity index (χ2v) is 4.52. The Balaban J connectivity index is 2.15. The van der Waals surface area contributed by atoms with Gasteiger partial charge in [-0.2, -0.15) is 15.0 Å². The fraction of sp³-hybridized carbons (Fsp3) is 0.750. The Morgan fingerprint density at radius 2 is 1.95 bits per heavy atom. The number of ether oxygens (including phenoxy) is 1. The fourth-order valence-electron chi connectivity index (χ4n) is 2.02. The van der Waals surface area contributed by atoms with E-state index in [-0.39, 0.29) is 6.01 Å². The molecule has 1 aromatic rings. The molecule has 1 aromatic heterocycles. The molecule has 8 heteroatoms. The van der Waals surface area contributed by atoms with Crippen molar-refractivity contribution in [2.45, 2.75) is 32.6 Å². The topological polar surface area (TPSA) is 63.2 Å². The minimum atomic E-state index is -2.55. The third-order valence-electron chi connectivity index (χ3n) is 2.92. The summed E-state index contributed by atoms with van der Waals surface area (Å²) in [6, 6.07) is -0.0585. The smallest absolute Gasteiger partial charge is 0.323 e. The van der Waals surface area contributed by atoms with E-state index in [0.29, 0.717) is 18.4 Å². The molecule has 0 aliphatic carbocycles. The number of nitrogens with one attached hydrogen (secondary N) is 1. The number of alkyl halides is 2. The maximum Gasteiger partial charge on any atom is 0.323 e. The molecular formula is C12H19F2N5O. The van der Waals surface area contributed by atoms with Crippen LogP contribution in [-0.4, -0.2) is 47.6 Å². The summed E-state index contributed by atoms with van der Waals surface area (Å²) < 4.78 is 29.3. The zero-order valence-electron chi connectivity index (χ0n) is 11.5. The predicted octanol–water partition coefficient (Wildman–Crippen LogP) is 1.94. The van der Waals surface area contributed by atoms with Gasteiger partial charge in [0.05, 0.1) is 0 Å². The van der Waals surface area contributed by atoms with E-state index in [2.05, 4.69) is 20.3 Å². The van der Waals surface area contributed by atoms with Crippen molar-refractivity contribution in [2.24, 2.45) is 0 Å². The Hall–Kier alpha value is -1.73. The molecule has 0 radical (unpaired) electrons. The van der Waals surface area contributed by atoms with E-state index in [4.69, 9.17) is 4.74 Å². The van der Waals surface area contributed by atoms with Gasteiger partial charge in [0.1, 0.15) is 0 Å². The molecule has 0 saturated carbocycles. The lowest BCUT2D eigenvalue weighted by Crippen LogP contribution is -2.31. The van der Waals surface area contributed by atoms with Crippen LogP contribution in [0.5, 0.6) is 6.01 Å². The first-order chi connectivity index (χ1) is 9.69. The van der Waals surface area contributed by atoms with Gasteiger partial charge in [-0.1, -0.05) is 0 Å². The van der Waals surface area contributed by atoms with Crippen molar-refractivity contribution in [3.05, 3.63) is 0 Å². The van der Waals surface area contributed by atoms with Crippen molar-refractivity contribution in [1.29, 1.82) is 0 Å². The van der Waals surface area contributed by atoms with Crippen LogP contribution in [0.1, 0.15) is 26.2 Å². The van der Waals surface area contributed by atoms with Crippen LogP contribution in [-0.2, 0) is 0 Å². The largest absolute Gasteiger partial charge is 0.457 e. The van der Waals surface area contributed by atoms with Crippen molar-refractivity contribution >= 4 is 11.9 Å². The quantitative estimate of drug-likeness (QED) is 0.862. The summed E-state index contributed by atoms with van der Waals surface area (Å²) >= 11 is 0. The van der Waals surface area contributed by atoms with Gasteiger partial charge >= 0.3 is 6.01 Å². The number of rotatable bonds is 6. The molecule has 1 saturated heterocycles. The highest BCUT2D eigenvalue weighted by molar-refractivity contribution is 5.38. The zero-order valence-corrected chi connectivity index (χ0v) is 11.5. The van der Waals surface area contributed by atoms with Crippen molar-refractivity contribution in [3.63, 3.8) is 0 Å². The third-order valence-corrected chi connectivity index (χ3v) is 2.92. The molecule has 20 heavy (non-hydrogen) atoms. The van der Waals surface area contributed by atoms with Crippen LogP contribution in [0, 0.1) is 0 Å². The number of hydrogen-bond donors (Lipinski definition) is 1. The van der Waals surface area contributed by atoms with Gasteiger partial charge in [-0.05, 0) is 26.2 Å². The molecule has 6 nitrogen and oxygen atoms in total. The van der Waals surface area contributed by atoms with Crippen LogP contribution < -0.4 is 15.0 Å². The first-order valence-electron chi connectivity index (χ1n) is 6.85. The van der Waals surface area contributed by atoms with E-state index >= 15 is 0 Å². The molecule has 1 aliphatic heterocycles. The molecular weight excluding hydrogens is 268 g/mol. The Morgan fingerprint density at radius 3 is 2.60 bits per heavy atom. The van der Waals surface area contributed by atoms with Crippen molar-refractivity contribution in [1.82, 2.24) is 15.0 Å². The summed E-state index contributed by atoms with van der Waals surface area (Å²) in [6.45, 7) is 3.56. The van der Waals surface area contributed by atoms with Crippen LogP contribution in [0.15, 0.2) is 0 Å². The summed E-state index contributed by atoms with van der Waals surface area (Å²) in [5.41, 5.74) is 0. The predicted molar refractivity (Wildman–Crippen MR) is 71.6 cm³/mol. The van der Waals surface area contributed by atoms with Gasteiger partial charge in [-0.3, -0.25) is 0 Å². The van der Waals surface area contributed by atoms with Gasteiger partial charge in [-0.25, -0.2) is 8.78 Å². The molecule has 1 aliphatic rings. The Morgan fingerprint density at radius 1 is 1.20 bits per heavy atom. The molecule has 2 rings (SSSR count). The molecule has 0 spiro atoms. The normalized spacial score (nSPS) is 15.5. The van der Waals surface area contributed by atoms with Gasteiger partial charge < -0.3 is 15.0 Å². The summed E-state index contributed by atoms with van der Waals surface area (Å²) in [5.74, 6) is 0.840. The first kappa shape index (κ1) is 14.7. The van der Waals surface area contributed by atoms with Gasteiger partial charge in [0.25, 0.3) is 6.43 Å². The van der Waals surface area contributed by atoms with Crippen LogP contribution in [0.4, 0.5) is 20.7 Å². The van der Waals surface area contributed by atoms with Gasteiger partial charge in [0.15, 0.2) is 6.61 Å². The van der Waals surface area contributed by atoms with Crippen molar-refractivity contribution in [3.8, 4) is 6.01 Å². The number of hydrogen-bond acceptors (Lipinski definition) is 6. The van der Waals surface area contributed by atoms with Crippen LogP contribution in [0.2, 0.25) is 0 Å². The Bertz CT molecular complexity index is 426. The molecule has 112 valence electrons. The number of anilines is 2. The highest BCUT2D eigenvalue weighted by atomic mass is 19.3. The van der Waals surface area contributed by atoms with Gasteiger partial charge in [0, 0.05) is 19.6 Å². The molecule has 0 bridgehead atoms. The second kappa shape index (κ2) is 7.16. The third kappa shape index (κ3) is 4.14. The average molecular weight is 287 g/mol. The Labute approximate surface area is 116 Å². The SMILES string of the molecule is CCNc1nc(OCC(F)F)nc(N2CCCCC2)n1. The maximum atomic E-state index is 12.2. The highest BCUT2D eigenvalue weighted by Gasteiger charge is 2.17. The van der Waals surface area contributed by atoms with E-state index in [1.807, 2.05) is 11.8 Å². The van der Waals surface area contributed by atoms with Gasteiger partial charge in [0.2, 0.25) is 11.9 Å². The molecule has 0 atom stereocenters. The van der Waals surface area contributed by atoms with Crippen LogP contribution in [0.3, 0.4) is 0 Å². The first-order valence-corrected chi connectivity index (χ1v) is 6.85. The minimum Gasteiger partial charge on any atom is -0.457 e. The average Bonchev–Trinajstić information content (AvgIpc) is 2.46. The summed E-state index contributed by atoms with van der Waals surface area (Å²) in [4.78, 5) is 14.4. The highest BCUT2D eigenvalue weighted by Crippen LogP contribution is 2.19. The van der Waals surface area contributed by atoms with Crippen molar-refractivity contribution < 1.29 is 13.5 Å². The van der Waals surface area contributed by atoms with Gasteiger partial charge in [-0.15, -0.1) is 0 Å². The molecule has 0 amide bonds. The molecule has 0 unspecified atom stereocenters. The lowest BCUT2D eigenvalue weighted by Gasteiger charge is -2.26. The minimum absolute atomic E-state index is 0.0585. The summed E-state index contributed by atoms with van der Waals surface area (Å²) in [6.07, 6.45) is 0.800. The lowest BCUT2D eigenvalue weighted by molar-refractivity contribution is 0.0770. The van der Waals surface area contributed by atoms with E-state index in [9.17, 15) is 8.78 Å². The molecule has 2 heterocycles. The van der Waals surface area contributed by atoms with Crippen LogP contribution in [0.25, 0.3) is 0 Å². The number of halogens is 2. The lowest BCUT2D eigenvalue weighted by atomic mass is 10.1. The van der Waals surface area contributed by atoms with Crippen molar-refractivity contribution in [2.75, 3.05) is 36.5 Å². The summed E-state index contributed by atoms with van der Waals surface area (Å²) in [5, 5.41) is 2.96. The van der Waals surface area contributed by atoms with E-state index in [0.717, 1.165) is 25.9 Å². The number of aromatic nitrogens is 3. The number of nitrogens with zero attached hydrogens (tertiary/aromatic N) is 4. The zero-order chi connectivity index (χ0) is 14.4. The van der Waals surface area contributed by atoms with E-state index < -0.39 is 13.0 Å². The Kier molecular flexibility index (Phi) is 5.25. The summed E-state index contributed by atoms with van der Waals surface area (Å²) in [7, 11) is 0. The van der Waals surface area contributed by atoms with E-state index in [1.54, 1.807) is 0 Å². The second-order valence-electron chi connectivity index (χ2n) is 4.52. The number of piperidine rings is 1. The standard InChI is InChI=1S/C12H19F2N5O/c1-2-15-10-16-11(19-6-4-3-5-7-19)18-12(17-10)20-8-9(13)14/h9H,2-8H2,1H3,(H,15,16,17,18). The molecule has 0 aromatic carbocycles. The molecule has 1 fully saturated rings. The molecule has 1 N–H and O–H groups in total. The monoisotopic (exact) mass is 287 g/mol. The van der Waals surface area contributed by atoms with E-state index in [1.165, 1.54) is 6.42 Å². The fourth-order valence-corrected chi connectivity index (χ4v) is 2.02.